The molecule has 0 aliphatic heterocycles. The molecular formula is C21H25N3OS. The molecule has 1 heterocycles. The number of thioether (sulfide) groups is 1. The predicted octanol–water partition coefficient (Wildman–Crippen LogP) is 4.55. The van der Waals surface area contributed by atoms with Crippen molar-refractivity contribution in [1.82, 2.24) is 15.3 Å². The van der Waals surface area contributed by atoms with Gasteiger partial charge in [0.1, 0.15) is 0 Å². The van der Waals surface area contributed by atoms with E-state index in [0.717, 1.165) is 29.9 Å². The molecule has 26 heavy (non-hydrogen) atoms. The van der Waals surface area contributed by atoms with Gasteiger partial charge in [-0.2, -0.15) is 0 Å². The molecule has 0 saturated heterocycles. The van der Waals surface area contributed by atoms with Gasteiger partial charge < -0.3 is 5.32 Å². The molecule has 1 amide bonds. The van der Waals surface area contributed by atoms with Gasteiger partial charge in [-0.05, 0) is 45.1 Å². The first-order valence-electron chi connectivity index (χ1n) is 9.19. The van der Waals surface area contributed by atoms with Crippen molar-refractivity contribution in [1.29, 1.82) is 0 Å². The average Bonchev–Trinajstić information content (AvgIpc) is 2.67. The van der Waals surface area contributed by atoms with E-state index in [1.165, 1.54) is 43.0 Å². The Morgan fingerprint density at radius 3 is 2.81 bits per heavy atom. The zero-order chi connectivity index (χ0) is 18.2. The Bertz CT molecular complexity index is 774. The highest BCUT2D eigenvalue weighted by Crippen LogP contribution is 2.22. The normalized spacial score (nSPS) is 14.0. The second kappa shape index (κ2) is 9.53. The summed E-state index contributed by atoms with van der Waals surface area (Å²) in [5.41, 5.74) is 4.35. The van der Waals surface area contributed by atoms with Crippen LogP contribution in [-0.4, -0.2) is 28.2 Å². The molecular weight excluding hydrogens is 342 g/mol. The molecule has 0 radical (unpaired) electrons. The number of hydrogen-bond donors (Lipinski definition) is 1. The quantitative estimate of drug-likeness (QED) is 0.443. The second-order valence-corrected chi connectivity index (χ2v) is 7.48. The number of benzene rings is 1. The third-order valence-corrected chi connectivity index (χ3v) is 5.24. The van der Waals surface area contributed by atoms with Crippen molar-refractivity contribution in [3.63, 3.8) is 0 Å². The molecule has 0 fully saturated rings. The van der Waals surface area contributed by atoms with Crippen molar-refractivity contribution in [2.24, 2.45) is 0 Å². The van der Waals surface area contributed by atoms with E-state index < -0.39 is 0 Å². The Morgan fingerprint density at radius 2 is 2.04 bits per heavy atom. The fraction of sp³-hybridized carbons (Fsp3) is 0.381. The van der Waals surface area contributed by atoms with E-state index in [0.29, 0.717) is 10.9 Å². The minimum atomic E-state index is 0.0396. The third-order valence-electron chi connectivity index (χ3n) is 4.39. The number of aromatic nitrogens is 2. The van der Waals surface area contributed by atoms with Gasteiger partial charge in [0.2, 0.25) is 5.91 Å². The molecule has 1 aliphatic rings. The minimum absolute atomic E-state index is 0.0396. The molecule has 1 aliphatic carbocycles. The molecule has 136 valence electrons. The van der Waals surface area contributed by atoms with Crippen LogP contribution in [0.15, 0.2) is 53.2 Å². The Kier molecular flexibility index (Phi) is 6.83. The van der Waals surface area contributed by atoms with E-state index in [9.17, 15) is 4.79 Å². The van der Waals surface area contributed by atoms with Gasteiger partial charge >= 0.3 is 0 Å². The number of carbonyl (C=O) groups excluding carboxylic acids is 1. The zero-order valence-corrected chi connectivity index (χ0v) is 16.0. The molecule has 3 rings (SSSR count). The van der Waals surface area contributed by atoms with Crippen LogP contribution in [-0.2, 0) is 4.79 Å². The van der Waals surface area contributed by atoms with Crippen LogP contribution in [0.3, 0.4) is 0 Å². The van der Waals surface area contributed by atoms with E-state index in [2.05, 4.69) is 21.4 Å². The van der Waals surface area contributed by atoms with E-state index in [-0.39, 0.29) is 5.91 Å². The molecule has 0 spiro atoms. The molecule has 0 unspecified atom stereocenters. The molecule has 4 nitrogen and oxygen atoms in total. The Balaban J connectivity index is 1.50. The molecule has 1 N–H and O–H groups in total. The van der Waals surface area contributed by atoms with Crippen LogP contribution >= 0.6 is 11.8 Å². The number of allylic oxidation sites excluding steroid dienone is 1. The fourth-order valence-corrected chi connectivity index (χ4v) is 3.77. The minimum Gasteiger partial charge on any atom is -0.355 e. The van der Waals surface area contributed by atoms with Gasteiger partial charge in [-0.15, -0.1) is 0 Å². The predicted molar refractivity (Wildman–Crippen MR) is 107 cm³/mol. The standard InChI is InChI=1S/C21H25N3OS/c1-16-14-19(18-10-6-3-7-11-18)24-21(23-16)26-15-20(25)22-13-12-17-8-4-2-5-9-17/h3,6-8,10-11,14H,2,4-5,9,12-13,15H2,1H3,(H,22,25). The number of rotatable bonds is 7. The number of nitrogens with one attached hydrogen (secondary N) is 1. The van der Waals surface area contributed by atoms with Gasteiger partial charge in [-0.25, -0.2) is 9.97 Å². The summed E-state index contributed by atoms with van der Waals surface area (Å²) in [6.45, 7) is 2.67. The smallest absolute Gasteiger partial charge is 0.230 e. The topological polar surface area (TPSA) is 54.9 Å². The van der Waals surface area contributed by atoms with Crippen molar-refractivity contribution in [3.8, 4) is 11.3 Å². The SMILES string of the molecule is Cc1cc(-c2ccccc2)nc(SCC(=O)NCCC2=CCCCC2)n1. The Hall–Kier alpha value is -2.14. The maximum absolute atomic E-state index is 12.1. The lowest BCUT2D eigenvalue weighted by atomic mass is 9.97. The third kappa shape index (κ3) is 5.70. The van der Waals surface area contributed by atoms with Crippen LogP contribution in [0.25, 0.3) is 11.3 Å². The highest BCUT2D eigenvalue weighted by Gasteiger charge is 2.09. The summed E-state index contributed by atoms with van der Waals surface area (Å²) in [6, 6.07) is 12.0. The number of aryl methyl sites for hydroxylation is 1. The average molecular weight is 368 g/mol. The first-order valence-corrected chi connectivity index (χ1v) is 10.2. The van der Waals surface area contributed by atoms with Crippen LogP contribution in [0.4, 0.5) is 0 Å². The monoisotopic (exact) mass is 367 g/mol. The molecule has 5 heteroatoms. The van der Waals surface area contributed by atoms with Crippen LogP contribution in [0, 0.1) is 6.92 Å². The van der Waals surface area contributed by atoms with Gasteiger partial charge in [0, 0.05) is 17.8 Å². The summed E-state index contributed by atoms with van der Waals surface area (Å²) in [5, 5.41) is 3.65. The summed E-state index contributed by atoms with van der Waals surface area (Å²) in [6.07, 6.45) is 8.25. The van der Waals surface area contributed by atoms with Crippen molar-refractivity contribution in [2.75, 3.05) is 12.3 Å². The maximum Gasteiger partial charge on any atom is 0.230 e. The lowest BCUT2D eigenvalue weighted by Gasteiger charge is -2.12. The zero-order valence-electron chi connectivity index (χ0n) is 15.2. The van der Waals surface area contributed by atoms with E-state index >= 15 is 0 Å². The van der Waals surface area contributed by atoms with Gasteiger partial charge in [-0.1, -0.05) is 53.7 Å². The van der Waals surface area contributed by atoms with Crippen molar-refractivity contribution in [2.45, 2.75) is 44.2 Å². The summed E-state index contributed by atoms with van der Waals surface area (Å²) >= 11 is 1.39. The van der Waals surface area contributed by atoms with Gasteiger partial charge in [0.05, 0.1) is 11.4 Å². The number of amides is 1. The van der Waals surface area contributed by atoms with Gasteiger partial charge in [0.25, 0.3) is 0 Å². The molecule has 0 atom stereocenters. The van der Waals surface area contributed by atoms with Crippen LogP contribution in [0.5, 0.6) is 0 Å². The van der Waals surface area contributed by atoms with Gasteiger partial charge in [-0.3, -0.25) is 4.79 Å². The first-order chi connectivity index (χ1) is 12.7. The molecule has 1 aromatic heterocycles. The number of hydrogen-bond acceptors (Lipinski definition) is 4. The van der Waals surface area contributed by atoms with Crippen molar-refractivity contribution in [3.05, 3.63) is 53.7 Å². The molecule has 0 bridgehead atoms. The lowest BCUT2D eigenvalue weighted by Crippen LogP contribution is -2.26. The van der Waals surface area contributed by atoms with E-state index in [4.69, 9.17) is 0 Å². The van der Waals surface area contributed by atoms with Crippen molar-refractivity contribution >= 4 is 17.7 Å². The lowest BCUT2D eigenvalue weighted by molar-refractivity contribution is -0.118. The maximum atomic E-state index is 12.1. The van der Waals surface area contributed by atoms with E-state index in [1.807, 2.05) is 43.3 Å². The summed E-state index contributed by atoms with van der Waals surface area (Å²) < 4.78 is 0. The summed E-state index contributed by atoms with van der Waals surface area (Å²) in [5.74, 6) is 0.384. The van der Waals surface area contributed by atoms with Gasteiger partial charge in [0.15, 0.2) is 5.16 Å². The Morgan fingerprint density at radius 1 is 1.19 bits per heavy atom. The van der Waals surface area contributed by atoms with Crippen LogP contribution < -0.4 is 5.32 Å². The second-order valence-electron chi connectivity index (χ2n) is 6.54. The van der Waals surface area contributed by atoms with Crippen LogP contribution in [0.2, 0.25) is 0 Å². The highest BCUT2D eigenvalue weighted by molar-refractivity contribution is 7.99. The number of carbonyl (C=O) groups is 1. The largest absolute Gasteiger partial charge is 0.355 e. The first kappa shape index (κ1) is 18.6. The fourth-order valence-electron chi connectivity index (χ4n) is 3.04. The van der Waals surface area contributed by atoms with E-state index in [1.54, 1.807) is 0 Å². The summed E-state index contributed by atoms with van der Waals surface area (Å²) in [4.78, 5) is 21.1. The molecule has 0 saturated carbocycles. The van der Waals surface area contributed by atoms with Crippen LogP contribution in [0.1, 0.15) is 37.8 Å². The van der Waals surface area contributed by atoms with Crippen molar-refractivity contribution < 1.29 is 4.79 Å². The number of nitrogens with zero attached hydrogens (tertiary/aromatic N) is 2. The molecule has 2 aromatic rings. The summed E-state index contributed by atoms with van der Waals surface area (Å²) in [7, 11) is 0. The highest BCUT2D eigenvalue weighted by atomic mass is 32.2. The Labute approximate surface area is 159 Å². The molecule has 1 aromatic carbocycles.